The number of hydrogen-bond acceptors (Lipinski definition) is 3. The summed E-state index contributed by atoms with van der Waals surface area (Å²) in [5.41, 5.74) is 6.99. The Bertz CT molecular complexity index is 567. The van der Waals surface area contributed by atoms with Crippen molar-refractivity contribution in [3.05, 3.63) is 35.9 Å². The van der Waals surface area contributed by atoms with Crippen LogP contribution in [0, 0.1) is 5.92 Å². The Balaban J connectivity index is 1.49. The molecule has 1 unspecified atom stereocenters. The smallest absolute Gasteiger partial charge is 0.244 e. The first-order chi connectivity index (χ1) is 11.6. The normalized spacial score (nSPS) is 21.0. The molecule has 0 bridgehead atoms. The zero-order valence-corrected chi connectivity index (χ0v) is 14.2. The van der Waals surface area contributed by atoms with Gasteiger partial charge in [0, 0.05) is 32.6 Å². The van der Waals surface area contributed by atoms with Gasteiger partial charge in [0.25, 0.3) is 0 Å². The van der Waals surface area contributed by atoms with E-state index in [-0.39, 0.29) is 5.91 Å². The lowest BCUT2D eigenvalue weighted by molar-refractivity contribution is -0.137. The fourth-order valence-electron chi connectivity index (χ4n) is 3.70. The van der Waals surface area contributed by atoms with E-state index in [4.69, 9.17) is 5.73 Å². The van der Waals surface area contributed by atoms with Gasteiger partial charge in [0.15, 0.2) is 0 Å². The number of nitrogens with two attached hydrogens (primary N) is 1. The monoisotopic (exact) mass is 329 g/mol. The Morgan fingerprint density at radius 2 is 1.83 bits per heavy atom. The number of carbonyl (C=O) groups excluding carboxylic acids is 2. The van der Waals surface area contributed by atoms with Gasteiger partial charge in [-0.3, -0.25) is 9.59 Å². The zero-order valence-electron chi connectivity index (χ0n) is 14.2. The van der Waals surface area contributed by atoms with E-state index in [1.807, 2.05) is 40.1 Å². The van der Waals surface area contributed by atoms with Crippen LogP contribution in [0.3, 0.4) is 0 Å². The molecule has 24 heavy (non-hydrogen) atoms. The second kappa shape index (κ2) is 7.79. The maximum atomic E-state index is 12.6. The number of benzene rings is 1. The Morgan fingerprint density at radius 3 is 2.50 bits per heavy atom. The van der Waals surface area contributed by atoms with Crippen LogP contribution in [-0.2, 0) is 9.59 Å². The standard InChI is InChI=1S/C19H27N3O2/c20-18(16-6-2-1-3-7-16)19(24)21-12-9-15(10-13-21)14-22-11-5-4-8-17(22)23/h1-3,6-7,15,18H,4-5,8-14,20H2. The Hall–Kier alpha value is -1.88. The van der Waals surface area contributed by atoms with Crippen LogP contribution < -0.4 is 5.73 Å². The quantitative estimate of drug-likeness (QED) is 0.918. The van der Waals surface area contributed by atoms with E-state index >= 15 is 0 Å². The minimum atomic E-state index is -0.577. The van der Waals surface area contributed by atoms with E-state index in [0.717, 1.165) is 57.4 Å². The van der Waals surface area contributed by atoms with Crippen molar-refractivity contribution in [3.8, 4) is 0 Å². The molecule has 5 heteroatoms. The number of nitrogens with zero attached hydrogens (tertiary/aromatic N) is 2. The number of rotatable bonds is 4. The third kappa shape index (κ3) is 3.96. The molecular weight excluding hydrogens is 302 g/mol. The van der Waals surface area contributed by atoms with E-state index < -0.39 is 6.04 Å². The van der Waals surface area contributed by atoms with Gasteiger partial charge in [-0.05, 0) is 37.2 Å². The molecular formula is C19H27N3O2. The van der Waals surface area contributed by atoms with Gasteiger partial charge in [0.2, 0.25) is 11.8 Å². The number of piperidine rings is 2. The highest BCUT2D eigenvalue weighted by Gasteiger charge is 2.29. The SMILES string of the molecule is NC(C(=O)N1CCC(CN2CCCCC2=O)CC1)c1ccccc1. The molecule has 2 heterocycles. The molecule has 2 N–H and O–H groups in total. The first-order valence-electron chi connectivity index (χ1n) is 9.02. The van der Waals surface area contributed by atoms with E-state index in [9.17, 15) is 9.59 Å². The van der Waals surface area contributed by atoms with Crippen molar-refractivity contribution in [2.24, 2.45) is 11.7 Å². The molecule has 1 atom stereocenters. The molecule has 2 amide bonds. The second-order valence-corrected chi connectivity index (χ2v) is 6.95. The summed E-state index contributed by atoms with van der Waals surface area (Å²) >= 11 is 0. The summed E-state index contributed by atoms with van der Waals surface area (Å²) in [6.45, 7) is 3.24. The molecule has 0 aliphatic carbocycles. The average molecular weight is 329 g/mol. The van der Waals surface area contributed by atoms with Crippen molar-refractivity contribution in [2.45, 2.75) is 38.1 Å². The maximum Gasteiger partial charge on any atom is 0.244 e. The third-order valence-electron chi connectivity index (χ3n) is 5.25. The highest BCUT2D eigenvalue weighted by atomic mass is 16.2. The van der Waals surface area contributed by atoms with E-state index in [2.05, 4.69) is 0 Å². The lowest BCUT2D eigenvalue weighted by Gasteiger charge is -2.37. The van der Waals surface area contributed by atoms with Gasteiger partial charge in [-0.15, -0.1) is 0 Å². The molecule has 2 aliphatic heterocycles. The number of likely N-dealkylation sites (tertiary alicyclic amines) is 2. The van der Waals surface area contributed by atoms with Crippen LogP contribution in [0.1, 0.15) is 43.7 Å². The van der Waals surface area contributed by atoms with Crippen molar-refractivity contribution >= 4 is 11.8 Å². The first-order valence-corrected chi connectivity index (χ1v) is 9.02. The summed E-state index contributed by atoms with van der Waals surface area (Å²) in [4.78, 5) is 28.4. The second-order valence-electron chi connectivity index (χ2n) is 6.95. The fourth-order valence-corrected chi connectivity index (χ4v) is 3.70. The largest absolute Gasteiger partial charge is 0.342 e. The van der Waals surface area contributed by atoms with Crippen LogP contribution in [0.2, 0.25) is 0 Å². The lowest BCUT2D eigenvalue weighted by atomic mass is 9.94. The highest BCUT2D eigenvalue weighted by Crippen LogP contribution is 2.23. The fraction of sp³-hybridized carbons (Fsp3) is 0.579. The van der Waals surface area contributed by atoms with Crippen molar-refractivity contribution in [3.63, 3.8) is 0 Å². The molecule has 3 rings (SSSR count). The molecule has 2 aliphatic rings. The van der Waals surface area contributed by atoms with Gasteiger partial charge in [-0.25, -0.2) is 0 Å². The summed E-state index contributed by atoms with van der Waals surface area (Å²) in [6, 6.07) is 8.96. The van der Waals surface area contributed by atoms with E-state index in [0.29, 0.717) is 18.2 Å². The average Bonchev–Trinajstić information content (AvgIpc) is 2.64. The maximum absolute atomic E-state index is 12.6. The molecule has 0 saturated carbocycles. The highest BCUT2D eigenvalue weighted by molar-refractivity contribution is 5.83. The van der Waals surface area contributed by atoms with Crippen molar-refractivity contribution < 1.29 is 9.59 Å². The number of carbonyl (C=O) groups is 2. The van der Waals surface area contributed by atoms with Gasteiger partial charge in [0.05, 0.1) is 0 Å². The molecule has 130 valence electrons. The van der Waals surface area contributed by atoms with E-state index in [1.165, 1.54) is 0 Å². The van der Waals surface area contributed by atoms with E-state index in [1.54, 1.807) is 0 Å². The Labute approximate surface area is 143 Å². The predicted octanol–water partition coefficient (Wildman–Crippen LogP) is 1.94. The van der Waals surface area contributed by atoms with Crippen LogP contribution in [-0.4, -0.2) is 47.8 Å². The van der Waals surface area contributed by atoms with Crippen LogP contribution in [0.4, 0.5) is 0 Å². The van der Waals surface area contributed by atoms with Gasteiger partial charge < -0.3 is 15.5 Å². The molecule has 1 aromatic carbocycles. The Morgan fingerprint density at radius 1 is 1.12 bits per heavy atom. The summed E-state index contributed by atoms with van der Waals surface area (Å²) in [5, 5.41) is 0. The van der Waals surface area contributed by atoms with Crippen molar-refractivity contribution in [2.75, 3.05) is 26.2 Å². The summed E-state index contributed by atoms with van der Waals surface area (Å²) < 4.78 is 0. The molecule has 5 nitrogen and oxygen atoms in total. The molecule has 2 fully saturated rings. The predicted molar refractivity (Wildman–Crippen MR) is 93.1 cm³/mol. The summed E-state index contributed by atoms with van der Waals surface area (Å²) in [7, 11) is 0. The van der Waals surface area contributed by atoms with Crippen LogP contribution in [0.15, 0.2) is 30.3 Å². The van der Waals surface area contributed by atoms with Crippen LogP contribution in [0.25, 0.3) is 0 Å². The first kappa shape index (κ1) is 17.0. The minimum absolute atomic E-state index is 0.00805. The number of amides is 2. The van der Waals surface area contributed by atoms with Crippen molar-refractivity contribution in [1.82, 2.24) is 9.80 Å². The topological polar surface area (TPSA) is 66.6 Å². The van der Waals surface area contributed by atoms with Crippen molar-refractivity contribution in [1.29, 1.82) is 0 Å². The zero-order chi connectivity index (χ0) is 16.9. The summed E-state index contributed by atoms with van der Waals surface area (Å²) in [6.07, 6.45) is 4.76. The molecule has 1 aromatic rings. The third-order valence-corrected chi connectivity index (χ3v) is 5.25. The summed E-state index contributed by atoms with van der Waals surface area (Å²) in [5.74, 6) is 0.809. The molecule has 0 aromatic heterocycles. The van der Waals surface area contributed by atoms with Crippen LogP contribution >= 0.6 is 0 Å². The van der Waals surface area contributed by atoms with Gasteiger partial charge in [-0.2, -0.15) is 0 Å². The molecule has 0 radical (unpaired) electrons. The van der Waals surface area contributed by atoms with Crippen LogP contribution in [0.5, 0.6) is 0 Å². The number of hydrogen-bond donors (Lipinski definition) is 1. The van der Waals surface area contributed by atoms with Gasteiger partial charge >= 0.3 is 0 Å². The van der Waals surface area contributed by atoms with Gasteiger partial charge in [-0.1, -0.05) is 30.3 Å². The minimum Gasteiger partial charge on any atom is -0.342 e. The molecule has 2 saturated heterocycles. The Kier molecular flexibility index (Phi) is 5.51. The molecule has 0 spiro atoms. The van der Waals surface area contributed by atoms with Gasteiger partial charge in [0.1, 0.15) is 6.04 Å². The lowest BCUT2D eigenvalue weighted by Crippen LogP contribution is -2.46.